The summed E-state index contributed by atoms with van der Waals surface area (Å²) in [6.45, 7) is 3.44. The number of anilines is 1. The maximum absolute atomic E-state index is 11.7. The first-order valence-corrected chi connectivity index (χ1v) is 7.46. The Balaban J connectivity index is 1.95. The van der Waals surface area contributed by atoms with Gasteiger partial charge in [-0.3, -0.25) is 9.59 Å². The molecule has 5 nitrogen and oxygen atoms in total. The second kappa shape index (κ2) is 7.22. The van der Waals surface area contributed by atoms with Gasteiger partial charge < -0.3 is 15.5 Å². The normalized spacial score (nSPS) is 16.1. The first-order valence-electron chi connectivity index (χ1n) is 7.46. The topological polar surface area (TPSA) is 61.4 Å². The molecule has 1 saturated heterocycles. The molecule has 1 aliphatic heterocycles. The molecule has 0 spiro atoms. The van der Waals surface area contributed by atoms with Crippen molar-refractivity contribution in [1.29, 1.82) is 0 Å². The molecule has 1 fully saturated rings. The van der Waals surface area contributed by atoms with Gasteiger partial charge in [0.15, 0.2) is 0 Å². The molecule has 2 rings (SSSR count). The minimum Gasteiger partial charge on any atom is -0.350 e. The summed E-state index contributed by atoms with van der Waals surface area (Å²) in [6.07, 6.45) is 2.04. The molecule has 2 N–H and O–H groups in total. The van der Waals surface area contributed by atoms with Gasteiger partial charge in [0, 0.05) is 31.6 Å². The Morgan fingerprint density at radius 2 is 2.05 bits per heavy atom. The van der Waals surface area contributed by atoms with Crippen molar-refractivity contribution in [2.24, 2.45) is 0 Å². The minimum absolute atomic E-state index is 0.0299. The lowest BCUT2D eigenvalue weighted by Gasteiger charge is -2.18. The van der Waals surface area contributed by atoms with Crippen LogP contribution in [0.15, 0.2) is 24.3 Å². The summed E-state index contributed by atoms with van der Waals surface area (Å²) in [6, 6.07) is 7.83. The van der Waals surface area contributed by atoms with Crippen molar-refractivity contribution < 1.29 is 9.59 Å². The Hall–Kier alpha value is -1.88. The summed E-state index contributed by atoms with van der Waals surface area (Å²) in [5.41, 5.74) is 1.98. The van der Waals surface area contributed by atoms with E-state index in [1.54, 1.807) is 0 Å². The molecule has 0 aliphatic carbocycles. The van der Waals surface area contributed by atoms with Crippen LogP contribution in [0.4, 0.5) is 5.69 Å². The Bertz CT molecular complexity index is 499. The standard InChI is InChI=1S/C16H23N3O2/c1-12(18-15(20)9-10-17-2)13-5-7-14(8-6-13)19-11-3-4-16(19)21/h5-8,12,17H,3-4,9-11H2,1-2H3,(H,18,20). The van der Waals surface area contributed by atoms with Crippen LogP contribution in [-0.4, -0.2) is 32.0 Å². The Kier molecular flexibility index (Phi) is 5.33. The first kappa shape index (κ1) is 15.5. The van der Waals surface area contributed by atoms with E-state index in [0.29, 0.717) is 19.4 Å². The van der Waals surface area contributed by atoms with Crippen LogP contribution in [-0.2, 0) is 9.59 Å². The van der Waals surface area contributed by atoms with E-state index in [-0.39, 0.29) is 17.9 Å². The number of nitrogens with zero attached hydrogens (tertiary/aromatic N) is 1. The van der Waals surface area contributed by atoms with Crippen molar-refractivity contribution in [3.05, 3.63) is 29.8 Å². The van der Waals surface area contributed by atoms with E-state index in [2.05, 4.69) is 10.6 Å². The monoisotopic (exact) mass is 289 g/mol. The molecule has 114 valence electrons. The van der Waals surface area contributed by atoms with E-state index in [1.807, 2.05) is 43.1 Å². The number of hydrogen-bond donors (Lipinski definition) is 2. The van der Waals surface area contributed by atoms with E-state index < -0.39 is 0 Å². The molecule has 1 heterocycles. The predicted molar refractivity (Wildman–Crippen MR) is 83.1 cm³/mol. The third kappa shape index (κ3) is 4.04. The summed E-state index contributed by atoms with van der Waals surface area (Å²) in [5, 5.41) is 5.93. The van der Waals surface area contributed by atoms with Crippen LogP contribution in [0.1, 0.15) is 37.8 Å². The zero-order valence-corrected chi connectivity index (χ0v) is 12.7. The van der Waals surface area contributed by atoms with Crippen LogP contribution in [0, 0.1) is 0 Å². The van der Waals surface area contributed by atoms with E-state index >= 15 is 0 Å². The molecule has 0 bridgehead atoms. The average Bonchev–Trinajstić information content (AvgIpc) is 2.91. The highest BCUT2D eigenvalue weighted by molar-refractivity contribution is 5.95. The van der Waals surface area contributed by atoms with Crippen LogP contribution in [0.25, 0.3) is 0 Å². The van der Waals surface area contributed by atoms with Crippen molar-refractivity contribution >= 4 is 17.5 Å². The predicted octanol–water partition coefficient (Wildman–Crippen LogP) is 1.60. The van der Waals surface area contributed by atoms with Crippen LogP contribution < -0.4 is 15.5 Å². The molecule has 5 heteroatoms. The number of benzene rings is 1. The number of carbonyl (C=O) groups is 2. The van der Waals surface area contributed by atoms with Crippen molar-refractivity contribution in [2.45, 2.75) is 32.2 Å². The lowest BCUT2D eigenvalue weighted by molar-refractivity contribution is -0.121. The third-order valence-electron chi connectivity index (χ3n) is 3.76. The molecule has 1 unspecified atom stereocenters. The van der Waals surface area contributed by atoms with Crippen molar-refractivity contribution in [3.8, 4) is 0 Å². The van der Waals surface area contributed by atoms with E-state index in [9.17, 15) is 9.59 Å². The van der Waals surface area contributed by atoms with Crippen LogP contribution in [0.5, 0.6) is 0 Å². The Labute approximate surface area is 125 Å². The minimum atomic E-state index is -0.0299. The van der Waals surface area contributed by atoms with Gasteiger partial charge in [0.1, 0.15) is 0 Å². The number of carbonyl (C=O) groups excluding carboxylic acids is 2. The van der Waals surface area contributed by atoms with Crippen molar-refractivity contribution in [2.75, 3.05) is 25.0 Å². The molecule has 0 radical (unpaired) electrons. The highest BCUT2D eigenvalue weighted by Crippen LogP contribution is 2.23. The second-order valence-electron chi connectivity index (χ2n) is 5.38. The van der Waals surface area contributed by atoms with Gasteiger partial charge in [0.25, 0.3) is 0 Å². The molecule has 1 aromatic carbocycles. The molecule has 0 aromatic heterocycles. The van der Waals surface area contributed by atoms with Crippen LogP contribution >= 0.6 is 0 Å². The van der Waals surface area contributed by atoms with Crippen molar-refractivity contribution in [1.82, 2.24) is 10.6 Å². The van der Waals surface area contributed by atoms with Gasteiger partial charge in [0.2, 0.25) is 11.8 Å². The molecule has 1 aliphatic rings. The van der Waals surface area contributed by atoms with E-state index in [1.165, 1.54) is 0 Å². The average molecular weight is 289 g/mol. The molecule has 21 heavy (non-hydrogen) atoms. The van der Waals surface area contributed by atoms with Gasteiger partial charge in [-0.1, -0.05) is 12.1 Å². The van der Waals surface area contributed by atoms with Crippen molar-refractivity contribution in [3.63, 3.8) is 0 Å². The van der Waals surface area contributed by atoms with Crippen LogP contribution in [0.3, 0.4) is 0 Å². The molecule has 2 amide bonds. The van der Waals surface area contributed by atoms with E-state index in [4.69, 9.17) is 0 Å². The van der Waals surface area contributed by atoms with Gasteiger partial charge in [-0.15, -0.1) is 0 Å². The molecule has 0 saturated carbocycles. The Morgan fingerprint density at radius 1 is 1.33 bits per heavy atom. The number of rotatable bonds is 6. The van der Waals surface area contributed by atoms with Gasteiger partial charge >= 0.3 is 0 Å². The number of amides is 2. The fraction of sp³-hybridized carbons (Fsp3) is 0.500. The maximum Gasteiger partial charge on any atom is 0.227 e. The number of nitrogens with one attached hydrogen (secondary N) is 2. The number of hydrogen-bond acceptors (Lipinski definition) is 3. The molecular formula is C16H23N3O2. The fourth-order valence-corrected chi connectivity index (χ4v) is 2.50. The maximum atomic E-state index is 11.7. The summed E-state index contributed by atoms with van der Waals surface area (Å²) in [4.78, 5) is 25.2. The quantitative estimate of drug-likeness (QED) is 0.836. The lowest BCUT2D eigenvalue weighted by atomic mass is 10.1. The summed E-state index contributed by atoms with van der Waals surface area (Å²) in [5.74, 6) is 0.229. The fourth-order valence-electron chi connectivity index (χ4n) is 2.50. The summed E-state index contributed by atoms with van der Waals surface area (Å²) >= 11 is 0. The molecule has 1 aromatic rings. The van der Waals surface area contributed by atoms with Gasteiger partial charge in [0.05, 0.1) is 6.04 Å². The lowest BCUT2D eigenvalue weighted by Crippen LogP contribution is -2.29. The highest BCUT2D eigenvalue weighted by Gasteiger charge is 2.21. The zero-order chi connectivity index (χ0) is 15.2. The zero-order valence-electron chi connectivity index (χ0n) is 12.7. The van der Waals surface area contributed by atoms with E-state index in [0.717, 1.165) is 24.2 Å². The first-order chi connectivity index (χ1) is 10.1. The Morgan fingerprint density at radius 3 is 2.62 bits per heavy atom. The van der Waals surface area contributed by atoms with Crippen LogP contribution in [0.2, 0.25) is 0 Å². The molecule has 1 atom stereocenters. The smallest absolute Gasteiger partial charge is 0.227 e. The SMILES string of the molecule is CNCCC(=O)NC(C)c1ccc(N2CCCC2=O)cc1. The third-order valence-corrected chi connectivity index (χ3v) is 3.76. The second-order valence-corrected chi connectivity index (χ2v) is 5.38. The summed E-state index contributed by atoms with van der Waals surface area (Å²) < 4.78 is 0. The summed E-state index contributed by atoms with van der Waals surface area (Å²) in [7, 11) is 1.83. The van der Waals surface area contributed by atoms with Gasteiger partial charge in [-0.2, -0.15) is 0 Å². The highest BCUT2D eigenvalue weighted by atomic mass is 16.2. The van der Waals surface area contributed by atoms with Gasteiger partial charge in [-0.25, -0.2) is 0 Å². The largest absolute Gasteiger partial charge is 0.350 e. The van der Waals surface area contributed by atoms with Gasteiger partial charge in [-0.05, 0) is 38.1 Å². The molecular weight excluding hydrogens is 266 g/mol.